The summed E-state index contributed by atoms with van der Waals surface area (Å²) in [6.45, 7) is 0. The molecule has 1 heterocycles. The molecular weight excluding hydrogens is 269 g/mol. The molecule has 0 spiro atoms. The molecule has 0 aromatic carbocycles. The number of rotatable bonds is 1. The molecule has 5 heteroatoms. The highest BCUT2D eigenvalue weighted by Gasteiger charge is 2.31. The highest BCUT2D eigenvalue weighted by Crippen LogP contribution is 2.33. The molecule has 1 aliphatic carbocycles. The monoisotopic (exact) mass is 275 g/mol. The van der Waals surface area contributed by atoms with Gasteiger partial charge in [0.25, 0.3) is 0 Å². The Morgan fingerprint density at radius 1 is 1.71 bits per heavy atom. The minimum Gasteiger partial charge on any atom is -0.347 e. The van der Waals surface area contributed by atoms with Crippen molar-refractivity contribution in [2.24, 2.45) is 0 Å². The van der Waals surface area contributed by atoms with Crippen molar-refractivity contribution >= 4 is 33.8 Å². The molecule has 74 valence electrons. The van der Waals surface area contributed by atoms with Crippen molar-refractivity contribution in [2.45, 2.75) is 18.8 Å². The number of halogens is 2. The predicted octanol–water partition coefficient (Wildman–Crippen LogP) is 2.57. The van der Waals surface area contributed by atoms with Gasteiger partial charge in [0.1, 0.15) is 17.8 Å². The first-order valence-electron chi connectivity index (χ1n) is 4.19. The summed E-state index contributed by atoms with van der Waals surface area (Å²) in [6.07, 6.45) is 3.25. The van der Waals surface area contributed by atoms with Gasteiger partial charge < -0.3 is 4.29 Å². The van der Waals surface area contributed by atoms with Crippen LogP contribution in [-0.4, -0.2) is 11.0 Å². The highest BCUT2D eigenvalue weighted by atomic mass is 79.9. The van der Waals surface area contributed by atoms with E-state index in [1.54, 1.807) is 6.20 Å². The van der Waals surface area contributed by atoms with Crippen LogP contribution in [0.2, 0.25) is 0 Å². The maximum Gasteiger partial charge on any atom is 0.333 e. The van der Waals surface area contributed by atoms with Crippen molar-refractivity contribution in [1.82, 2.24) is 4.98 Å². The molecule has 1 aromatic rings. The Morgan fingerprint density at radius 2 is 2.50 bits per heavy atom. The fourth-order valence-corrected chi connectivity index (χ4v) is 2.21. The third-order valence-electron chi connectivity index (χ3n) is 2.36. The SMILES string of the molecule is O=C(OCl)C1CCc2cc(Br)cnc21. The molecule has 14 heavy (non-hydrogen) atoms. The molecule has 1 atom stereocenters. The average molecular weight is 277 g/mol. The number of aromatic nitrogens is 1. The zero-order valence-corrected chi connectivity index (χ0v) is 9.51. The molecule has 0 bridgehead atoms. The van der Waals surface area contributed by atoms with Crippen LogP contribution >= 0.6 is 27.8 Å². The van der Waals surface area contributed by atoms with Gasteiger partial charge in [-0.15, -0.1) is 0 Å². The summed E-state index contributed by atoms with van der Waals surface area (Å²) in [6, 6.07) is 1.98. The lowest BCUT2D eigenvalue weighted by molar-refractivity contribution is -0.135. The molecule has 2 rings (SSSR count). The Hall–Kier alpha value is -0.610. The molecule has 0 aliphatic heterocycles. The van der Waals surface area contributed by atoms with Crippen molar-refractivity contribution < 1.29 is 9.08 Å². The molecule has 0 N–H and O–H groups in total. The Balaban J connectivity index is 2.35. The summed E-state index contributed by atoms with van der Waals surface area (Å²) in [7, 11) is 0. The van der Waals surface area contributed by atoms with Crippen molar-refractivity contribution in [2.75, 3.05) is 0 Å². The van der Waals surface area contributed by atoms with E-state index >= 15 is 0 Å². The average Bonchev–Trinajstić information content (AvgIpc) is 2.59. The van der Waals surface area contributed by atoms with E-state index in [2.05, 4.69) is 25.2 Å². The molecule has 0 saturated heterocycles. The summed E-state index contributed by atoms with van der Waals surface area (Å²) in [5.74, 6) is -0.712. The van der Waals surface area contributed by atoms with Crippen LogP contribution in [0.15, 0.2) is 16.7 Å². The number of carbonyl (C=O) groups is 1. The Morgan fingerprint density at radius 3 is 3.21 bits per heavy atom. The zero-order valence-electron chi connectivity index (χ0n) is 7.17. The zero-order chi connectivity index (χ0) is 10.1. The summed E-state index contributed by atoms with van der Waals surface area (Å²) >= 11 is 8.38. The van der Waals surface area contributed by atoms with Crippen molar-refractivity contribution in [1.29, 1.82) is 0 Å². The summed E-state index contributed by atoms with van der Waals surface area (Å²) in [5, 5.41) is 0. The first-order chi connectivity index (χ1) is 6.72. The van der Waals surface area contributed by atoms with Gasteiger partial charge in [-0.25, -0.2) is 4.79 Å². The lowest BCUT2D eigenvalue weighted by Gasteiger charge is -2.05. The molecule has 1 unspecified atom stereocenters. The van der Waals surface area contributed by atoms with E-state index in [4.69, 9.17) is 11.9 Å². The van der Waals surface area contributed by atoms with Crippen LogP contribution in [0.5, 0.6) is 0 Å². The second-order valence-electron chi connectivity index (χ2n) is 3.19. The van der Waals surface area contributed by atoms with Gasteiger partial charge >= 0.3 is 5.97 Å². The molecule has 0 radical (unpaired) electrons. The first kappa shape index (κ1) is 9.93. The number of pyridine rings is 1. The highest BCUT2D eigenvalue weighted by molar-refractivity contribution is 9.10. The fraction of sp³-hybridized carbons (Fsp3) is 0.333. The van der Waals surface area contributed by atoms with E-state index in [-0.39, 0.29) is 5.92 Å². The third kappa shape index (κ3) is 1.64. The van der Waals surface area contributed by atoms with Crippen LogP contribution in [0.1, 0.15) is 23.6 Å². The lowest BCUT2D eigenvalue weighted by Crippen LogP contribution is -2.10. The number of nitrogens with zero attached hydrogens (tertiary/aromatic N) is 1. The second-order valence-corrected chi connectivity index (χ2v) is 4.26. The second kappa shape index (κ2) is 3.87. The van der Waals surface area contributed by atoms with Gasteiger partial charge in [-0.2, -0.15) is 0 Å². The van der Waals surface area contributed by atoms with Gasteiger partial charge in [0.15, 0.2) is 0 Å². The summed E-state index contributed by atoms with van der Waals surface area (Å²) in [5.41, 5.74) is 1.88. The van der Waals surface area contributed by atoms with Crippen LogP contribution in [0.3, 0.4) is 0 Å². The van der Waals surface area contributed by atoms with Crippen molar-refractivity contribution in [3.8, 4) is 0 Å². The summed E-state index contributed by atoms with van der Waals surface area (Å²) < 4.78 is 5.13. The fourth-order valence-electron chi connectivity index (χ4n) is 1.73. The number of carbonyl (C=O) groups excluding carboxylic acids is 1. The van der Waals surface area contributed by atoms with E-state index < -0.39 is 5.97 Å². The van der Waals surface area contributed by atoms with E-state index in [9.17, 15) is 4.79 Å². The quantitative estimate of drug-likeness (QED) is 0.791. The molecule has 0 saturated carbocycles. The van der Waals surface area contributed by atoms with E-state index in [1.165, 1.54) is 0 Å². The molecular formula is C9H7BrClNO2. The lowest BCUT2D eigenvalue weighted by atomic mass is 10.1. The van der Waals surface area contributed by atoms with Crippen LogP contribution in [0, 0.1) is 0 Å². The Kier molecular flexibility index (Phi) is 2.74. The third-order valence-corrected chi connectivity index (χ3v) is 2.95. The van der Waals surface area contributed by atoms with Crippen LogP contribution < -0.4 is 0 Å². The maximum absolute atomic E-state index is 11.3. The van der Waals surface area contributed by atoms with Gasteiger partial charge in [-0.1, -0.05) is 0 Å². The smallest absolute Gasteiger partial charge is 0.333 e. The molecule has 3 nitrogen and oxygen atoms in total. The minimum absolute atomic E-state index is 0.296. The number of hydrogen-bond donors (Lipinski definition) is 0. The van der Waals surface area contributed by atoms with Gasteiger partial charge in [0, 0.05) is 10.7 Å². The van der Waals surface area contributed by atoms with Gasteiger partial charge in [0.05, 0.1) is 5.69 Å². The van der Waals surface area contributed by atoms with E-state index in [1.807, 2.05) is 6.07 Å². The van der Waals surface area contributed by atoms with Crippen molar-refractivity contribution in [3.05, 3.63) is 28.0 Å². The normalized spacial score (nSPS) is 19.1. The number of hydrogen-bond acceptors (Lipinski definition) is 3. The van der Waals surface area contributed by atoms with Crippen LogP contribution in [0.25, 0.3) is 0 Å². The van der Waals surface area contributed by atoms with E-state index in [0.29, 0.717) is 0 Å². The van der Waals surface area contributed by atoms with E-state index in [0.717, 1.165) is 28.6 Å². The first-order valence-corrected chi connectivity index (χ1v) is 5.29. The van der Waals surface area contributed by atoms with Gasteiger partial charge in [-0.3, -0.25) is 4.98 Å². The molecule has 0 amide bonds. The largest absolute Gasteiger partial charge is 0.347 e. The summed E-state index contributed by atoms with van der Waals surface area (Å²) in [4.78, 5) is 15.5. The van der Waals surface area contributed by atoms with Gasteiger partial charge in [-0.05, 0) is 40.4 Å². The minimum atomic E-state index is -0.416. The Bertz CT molecular complexity index is 383. The molecule has 0 fully saturated rings. The van der Waals surface area contributed by atoms with Crippen LogP contribution in [-0.2, 0) is 15.5 Å². The number of aryl methyl sites for hydroxylation is 1. The van der Waals surface area contributed by atoms with Crippen LogP contribution in [0.4, 0.5) is 0 Å². The predicted molar refractivity (Wildman–Crippen MR) is 54.9 cm³/mol. The maximum atomic E-state index is 11.3. The van der Waals surface area contributed by atoms with Gasteiger partial charge in [0.2, 0.25) is 0 Å². The topological polar surface area (TPSA) is 39.2 Å². The molecule has 1 aliphatic rings. The molecule has 1 aromatic heterocycles. The van der Waals surface area contributed by atoms with Crippen molar-refractivity contribution in [3.63, 3.8) is 0 Å². The number of fused-ring (bicyclic) bond motifs is 1. The standard InChI is InChI=1S/C9H7BrClNO2/c10-6-3-5-1-2-7(9(13)14-11)8(5)12-4-6/h3-4,7H,1-2H2. The Labute approximate surface area is 94.7 Å².